The molecule has 35 heavy (non-hydrogen) atoms. The Balaban J connectivity index is 1.44. The number of ether oxygens (including phenoxy) is 1. The Labute approximate surface area is 212 Å². The van der Waals surface area contributed by atoms with E-state index in [1.165, 1.54) is 0 Å². The van der Waals surface area contributed by atoms with Gasteiger partial charge in [-0.25, -0.2) is 0 Å². The molecule has 2 aliphatic heterocycles. The van der Waals surface area contributed by atoms with Gasteiger partial charge in [0, 0.05) is 49.2 Å². The van der Waals surface area contributed by atoms with Gasteiger partial charge in [0.25, 0.3) is 5.91 Å². The number of carbonyl (C=O) groups excluding carboxylic acids is 1. The lowest BCUT2D eigenvalue weighted by Crippen LogP contribution is -2.46. The normalized spacial score (nSPS) is 20.7. The molecule has 0 N–H and O–H groups in total. The number of benzene rings is 1. The van der Waals surface area contributed by atoms with Gasteiger partial charge in [0.2, 0.25) is 0 Å². The van der Waals surface area contributed by atoms with E-state index in [0.29, 0.717) is 25.7 Å². The molecular weight excluding hydrogens is 454 g/mol. The smallest absolute Gasteiger partial charge is 0.270 e. The third-order valence-electron chi connectivity index (χ3n) is 8.38. The van der Waals surface area contributed by atoms with E-state index in [9.17, 15) is 4.79 Å². The molecule has 0 unspecified atom stereocenters. The van der Waals surface area contributed by atoms with Crippen molar-refractivity contribution in [2.24, 2.45) is 0 Å². The van der Waals surface area contributed by atoms with Crippen molar-refractivity contribution in [3.05, 3.63) is 30.0 Å². The maximum atomic E-state index is 13.4. The van der Waals surface area contributed by atoms with Crippen LogP contribution in [0, 0.1) is 0 Å². The third-order valence-corrected chi connectivity index (χ3v) is 12.9. The molecule has 194 valence electrons. The Hall–Kier alpha value is -1.83. The topological polar surface area (TPSA) is 46.9 Å². The molecule has 0 bridgehead atoms. The van der Waals surface area contributed by atoms with Gasteiger partial charge in [0.05, 0.1) is 6.61 Å². The summed E-state index contributed by atoms with van der Waals surface area (Å²) in [7, 11) is -1.82. The van der Waals surface area contributed by atoms with Gasteiger partial charge in [-0.05, 0) is 76.0 Å². The first-order valence-electron chi connectivity index (χ1n) is 13.4. The monoisotopic (exact) mass is 499 g/mol. The molecule has 1 atom stereocenters. The second kappa shape index (κ2) is 9.90. The average Bonchev–Trinajstić information content (AvgIpc) is 3.16. The average molecular weight is 500 g/mol. The molecule has 1 aromatic carbocycles. The molecule has 2 aliphatic rings. The van der Waals surface area contributed by atoms with E-state index in [1.807, 2.05) is 11.0 Å². The number of likely N-dealkylation sites (tertiary alicyclic amines) is 1. The van der Waals surface area contributed by atoms with Gasteiger partial charge in [-0.1, -0.05) is 20.8 Å². The fraction of sp³-hybridized carbons (Fsp3) is 0.679. The van der Waals surface area contributed by atoms with E-state index in [4.69, 9.17) is 9.16 Å². The van der Waals surface area contributed by atoms with Gasteiger partial charge in [-0.15, -0.1) is 0 Å². The highest BCUT2D eigenvalue weighted by atomic mass is 28.4. The van der Waals surface area contributed by atoms with Gasteiger partial charge < -0.3 is 23.5 Å². The van der Waals surface area contributed by atoms with E-state index in [1.54, 1.807) is 0 Å². The molecular formula is C28H45N3O3Si. The minimum Gasteiger partial charge on any atom is -0.490 e. The van der Waals surface area contributed by atoms with Crippen LogP contribution in [0.3, 0.4) is 0 Å². The highest BCUT2D eigenvalue weighted by Gasteiger charge is 2.37. The Morgan fingerprint density at radius 2 is 1.80 bits per heavy atom. The van der Waals surface area contributed by atoms with E-state index in [-0.39, 0.29) is 23.1 Å². The first-order valence-corrected chi connectivity index (χ1v) is 16.3. The molecule has 0 spiro atoms. The Morgan fingerprint density at radius 3 is 2.43 bits per heavy atom. The van der Waals surface area contributed by atoms with Crippen molar-refractivity contribution < 1.29 is 14.0 Å². The summed E-state index contributed by atoms with van der Waals surface area (Å²) in [6.07, 6.45) is 2.38. The van der Waals surface area contributed by atoms with Crippen molar-refractivity contribution in [1.29, 1.82) is 0 Å². The van der Waals surface area contributed by atoms with E-state index >= 15 is 0 Å². The predicted octanol–water partition coefficient (Wildman–Crippen LogP) is 5.93. The summed E-state index contributed by atoms with van der Waals surface area (Å²) >= 11 is 0. The summed E-state index contributed by atoms with van der Waals surface area (Å²) in [5.74, 6) is 1.00. The molecule has 1 aromatic heterocycles. The third kappa shape index (κ3) is 5.47. The van der Waals surface area contributed by atoms with Crippen LogP contribution >= 0.6 is 0 Å². The fourth-order valence-corrected chi connectivity index (χ4v) is 6.13. The number of nitrogens with zero attached hydrogens (tertiary/aromatic N) is 3. The first kappa shape index (κ1) is 26.2. The summed E-state index contributed by atoms with van der Waals surface area (Å²) in [5.41, 5.74) is 1.88. The number of fused-ring (bicyclic) bond motifs is 3. The Morgan fingerprint density at radius 1 is 1.11 bits per heavy atom. The Kier molecular flexibility index (Phi) is 7.42. The standard InChI is InChI=1S/C28H45N3O3Si/c1-20(2)29-13-11-23(12-14-29)34-24-9-10-25-22(17-24)18-26-27(32)30(19-21(3)31(25)26)15-16-33-35(7,8)28(4,5)6/h9-10,17-18,20-21,23H,11-16,19H2,1-8H3/t21-/m1/s1. The number of piperidine rings is 1. The quantitative estimate of drug-likeness (QED) is 0.443. The zero-order valence-electron chi connectivity index (χ0n) is 23.1. The number of aromatic nitrogens is 1. The van der Waals surface area contributed by atoms with Gasteiger partial charge in [0.1, 0.15) is 17.5 Å². The number of amides is 1. The number of carbonyl (C=O) groups is 1. The molecule has 6 nitrogen and oxygen atoms in total. The SMILES string of the molecule is CC(C)N1CCC(Oc2ccc3c(c2)cc2n3[C@H](C)CN(CCO[Si](C)(C)C(C)(C)C)C2=O)CC1. The summed E-state index contributed by atoms with van der Waals surface area (Å²) in [4.78, 5) is 17.9. The minimum atomic E-state index is -1.82. The lowest BCUT2D eigenvalue weighted by atomic mass is 10.1. The van der Waals surface area contributed by atoms with Crippen LogP contribution in [-0.4, -0.2) is 73.5 Å². The lowest BCUT2D eigenvalue weighted by molar-refractivity contribution is 0.0646. The number of hydrogen-bond acceptors (Lipinski definition) is 4. The van der Waals surface area contributed by atoms with E-state index < -0.39 is 8.32 Å². The Bertz CT molecular complexity index is 1050. The van der Waals surface area contributed by atoms with Crippen LogP contribution in [0.1, 0.15) is 70.9 Å². The highest BCUT2D eigenvalue weighted by molar-refractivity contribution is 6.74. The molecule has 1 amide bonds. The maximum absolute atomic E-state index is 13.4. The van der Waals surface area contributed by atoms with Gasteiger partial charge in [-0.2, -0.15) is 0 Å². The lowest BCUT2D eigenvalue weighted by Gasteiger charge is -2.38. The van der Waals surface area contributed by atoms with Gasteiger partial charge >= 0.3 is 0 Å². The van der Waals surface area contributed by atoms with Crippen LogP contribution < -0.4 is 4.74 Å². The minimum absolute atomic E-state index is 0.0988. The number of rotatable bonds is 7. The van der Waals surface area contributed by atoms with Gasteiger partial charge in [0.15, 0.2) is 8.32 Å². The highest BCUT2D eigenvalue weighted by Crippen LogP contribution is 2.37. The number of hydrogen-bond donors (Lipinski definition) is 0. The predicted molar refractivity (Wildman–Crippen MR) is 146 cm³/mol. The maximum Gasteiger partial charge on any atom is 0.270 e. The summed E-state index contributed by atoms with van der Waals surface area (Å²) in [5, 5.41) is 1.25. The molecule has 1 saturated heterocycles. The second-order valence-corrected chi connectivity index (χ2v) is 17.1. The van der Waals surface area contributed by atoms with Crippen molar-refractivity contribution in [2.75, 3.05) is 32.8 Å². The van der Waals surface area contributed by atoms with Crippen molar-refractivity contribution in [2.45, 2.75) is 90.7 Å². The van der Waals surface area contributed by atoms with Crippen LogP contribution in [0.15, 0.2) is 24.3 Å². The molecule has 0 saturated carbocycles. The molecule has 3 heterocycles. The van der Waals surface area contributed by atoms with Crippen LogP contribution in [0.4, 0.5) is 0 Å². The van der Waals surface area contributed by atoms with Crippen molar-refractivity contribution in [3.8, 4) is 5.75 Å². The molecule has 4 rings (SSSR count). The molecule has 0 radical (unpaired) electrons. The zero-order valence-corrected chi connectivity index (χ0v) is 24.1. The van der Waals surface area contributed by atoms with E-state index in [0.717, 1.165) is 48.3 Å². The van der Waals surface area contributed by atoms with Crippen LogP contribution in [0.2, 0.25) is 18.1 Å². The molecule has 7 heteroatoms. The second-order valence-electron chi connectivity index (χ2n) is 12.3. The van der Waals surface area contributed by atoms with Crippen molar-refractivity contribution >= 4 is 25.1 Å². The fourth-order valence-electron chi connectivity index (χ4n) is 5.10. The first-order chi connectivity index (χ1) is 16.4. The molecule has 1 fully saturated rings. The van der Waals surface area contributed by atoms with Crippen molar-refractivity contribution in [1.82, 2.24) is 14.4 Å². The molecule has 2 aromatic rings. The van der Waals surface area contributed by atoms with Crippen molar-refractivity contribution in [3.63, 3.8) is 0 Å². The molecule has 0 aliphatic carbocycles. The zero-order chi connectivity index (χ0) is 25.5. The van der Waals surface area contributed by atoms with Crippen LogP contribution in [0.25, 0.3) is 10.9 Å². The summed E-state index contributed by atoms with van der Waals surface area (Å²) in [6.45, 7) is 22.1. The van der Waals surface area contributed by atoms with E-state index in [2.05, 4.69) is 82.3 Å². The summed E-state index contributed by atoms with van der Waals surface area (Å²) < 4.78 is 14.9. The van der Waals surface area contributed by atoms with Gasteiger partial charge in [-0.3, -0.25) is 4.79 Å². The van der Waals surface area contributed by atoms with Crippen LogP contribution in [-0.2, 0) is 4.43 Å². The largest absolute Gasteiger partial charge is 0.490 e. The van der Waals surface area contributed by atoms with Crippen LogP contribution in [0.5, 0.6) is 5.75 Å². The summed E-state index contributed by atoms with van der Waals surface area (Å²) in [6, 6.07) is 9.17.